The first-order chi connectivity index (χ1) is 9.86. The number of alkyl halides is 3. The lowest BCUT2D eigenvalue weighted by Gasteiger charge is -2.25. The molecule has 1 saturated carbocycles. The summed E-state index contributed by atoms with van der Waals surface area (Å²) in [6.07, 6.45) is -0.0226. The van der Waals surface area contributed by atoms with Gasteiger partial charge in [-0.25, -0.2) is 0 Å². The van der Waals surface area contributed by atoms with Crippen LogP contribution in [0, 0.1) is 0 Å². The highest BCUT2D eigenvalue weighted by Gasteiger charge is 2.33. The highest BCUT2D eigenvalue weighted by Crippen LogP contribution is 2.35. The lowest BCUT2D eigenvalue weighted by molar-refractivity contribution is -0.137. The van der Waals surface area contributed by atoms with Gasteiger partial charge in [-0.15, -0.1) is 10.2 Å². The average molecular weight is 319 g/mol. The maximum atomic E-state index is 12.9. The van der Waals surface area contributed by atoms with Gasteiger partial charge in [0.25, 0.3) is 0 Å². The van der Waals surface area contributed by atoms with Crippen LogP contribution in [0.15, 0.2) is 12.3 Å². The Hall–Kier alpha value is -1.34. The highest BCUT2D eigenvalue weighted by atomic mass is 35.5. The van der Waals surface area contributed by atoms with E-state index in [4.69, 9.17) is 17.3 Å². The first-order valence-corrected chi connectivity index (χ1v) is 7.11. The average Bonchev–Trinajstić information content (AvgIpc) is 2.82. The molecule has 0 radical (unpaired) electrons. The van der Waals surface area contributed by atoms with Crippen molar-refractivity contribution in [3.05, 3.63) is 28.7 Å². The SMILES string of the molecule is NC1CCCC(c2nnc3c(Cl)cc(C(F)(F)F)cn23)C1. The van der Waals surface area contributed by atoms with Crippen molar-refractivity contribution in [1.29, 1.82) is 0 Å². The van der Waals surface area contributed by atoms with Crippen molar-refractivity contribution in [3.8, 4) is 0 Å². The Bertz CT molecular complexity index is 667. The van der Waals surface area contributed by atoms with E-state index in [2.05, 4.69) is 10.2 Å². The highest BCUT2D eigenvalue weighted by molar-refractivity contribution is 6.33. The normalized spacial score (nSPS) is 23.7. The number of halogens is 4. The largest absolute Gasteiger partial charge is 0.417 e. The quantitative estimate of drug-likeness (QED) is 0.877. The second-order valence-corrected chi connectivity index (χ2v) is 5.86. The van der Waals surface area contributed by atoms with Gasteiger partial charge in [0.1, 0.15) is 5.82 Å². The maximum absolute atomic E-state index is 12.9. The topological polar surface area (TPSA) is 56.2 Å². The van der Waals surface area contributed by atoms with Gasteiger partial charge >= 0.3 is 6.18 Å². The number of fused-ring (bicyclic) bond motifs is 1. The summed E-state index contributed by atoms with van der Waals surface area (Å²) in [5.74, 6) is 0.524. The van der Waals surface area contributed by atoms with Crippen LogP contribution in [0.1, 0.15) is 43.0 Å². The third-order valence-corrected chi connectivity index (χ3v) is 4.17. The molecule has 0 aromatic carbocycles. The zero-order chi connectivity index (χ0) is 15.2. The van der Waals surface area contributed by atoms with E-state index in [9.17, 15) is 13.2 Å². The number of nitrogens with zero attached hydrogens (tertiary/aromatic N) is 3. The van der Waals surface area contributed by atoms with E-state index in [1.54, 1.807) is 0 Å². The summed E-state index contributed by atoms with van der Waals surface area (Å²) in [6, 6.07) is 0.930. The van der Waals surface area contributed by atoms with Crippen molar-refractivity contribution in [2.24, 2.45) is 5.73 Å². The second kappa shape index (κ2) is 5.14. The Labute approximate surface area is 124 Å². The second-order valence-electron chi connectivity index (χ2n) is 5.45. The molecule has 0 saturated heterocycles. The summed E-state index contributed by atoms with van der Waals surface area (Å²) in [5.41, 5.74) is 5.39. The van der Waals surface area contributed by atoms with Crippen molar-refractivity contribution in [2.75, 3.05) is 0 Å². The molecule has 0 aliphatic heterocycles. The Kier molecular flexibility index (Phi) is 3.57. The minimum atomic E-state index is -4.46. The number of rotatable bonds is 1. The number of hydrogen-bond acceptors (Lipinski definition) is 3. The van der Waals surface area contributed by atoms with Gasteiger partial charge in [0.2, 0.25) is 0 Å². The van der Waals surface area contributed by atoms with Crippen LogP contribution in [0.3, 0.4) is 0 Å². The lowest BCUT2D eigenvalue weighted by Crippen LogP contribution is -2.27. The molecule has 114 valence electrons. The molecule has 0 amide bonds. The van der Waals surface area contributed by atoms with Crippen molar-refractivity contribution in [3.63, 3.8) is 0 Å². The third-order valence-electron chi connectivity index (χ3n) is 3.89. The molecule has 1 aliphatic rings. The van der Waals surface area contributed by atoms with Gasteiger partial charge in [0.15, 0.2) is 5.65 Å². The monoisotopic (exact) mass is 318 g/mol. The molecule has 8 heteroatoms. The fraction of sp³-hybridized carbons (Fsp3) is 0.538. The number of pyridine rings is 1. The van der Waals surface area contributed by atoms with Gasteiger partial charge in [0.05, 0.1) is 10.6 Å². The Morgan fingerprint density at radius 1 is 1.29 bits per heavy atom. The van der Waals surface area contributed by atoms with Crippen LogP contribution in [0.4, 0.5) is 13.2 Å². The fourth-order valence-electron chi connectivity index (χ4n) is 2.87. The molecule has 21 heavy (non-hydrogen) atoms. The molecule has 2 N–H and O–H groups in total. The standard InChI is InChI=1S/C13H14ClF3N4/c14-10-5-8(13(15,16)17)6-21-11(19-20-12(10)21)7-2-1-3-9(18)4-7/h5-7,9H,1-4,18H2. The minimum Gasteiger partial charge on any atom is -0.328 e. The molecule has 0 spiro atoms. The number of hydrogen-bond donors (Lipinski definition) is 1. The molecular formula is C13H14ClF3N4. The number of nitrogens with two attached hydrogens (primary N) is 1. The van der Waals surface area contributed by atoms with Gasteiger partial charge in [-0.05, 0) is 25.3 Å². The van der Waals surface area contributed by atoms with Gasteiger partial charge < -0.3 is 5.73 Å². The summed E-state index contributed by atoms with van der Waals surface area (Å²) in [6.45, 7) is 0. The molecule has 2 aromatic heterocycles. The minimum absolute atomic E-state index is 0.0169. The molecule has 2 atom stereocenters. The first kappa shape index (κ1) is 14.6. The Morgan fingerprint density at radius 2 is 2.05 bits per heavy atom. The van der Waals surface area contributed by atoms with Gasteiger partial charge in [0, 0.05) is 18.2 Å². The van der Waals surface area contributed by atoms with Crippen molar-refractivity contribution < 1.29 is 13.2 Å². The van der Waals surface area contributed by atoms with Crippen LogP contribution in [-0.2, 0) is 6.18 Å². The van der Waals surface area contributed by atoms with Crippen LogP contribution >= 0.6 is 11.6 Å². The Morgan fingerprint density at radius 3 is 2.71 bits per heavy atom. The molecule has 1 fully saturated rings. The number of aromatic nitrogens is 3. The lowest BCUT2D eigenvalue weighted by atomic mass is 9.85. The van der Waals surface area contributed by atoms with Crippen LogP contribution < -0.4 is 5.73 Å². The fourth-order valence-corrected chi connectivity index (χ4v) is 3.11. The summed E-state index contributed by atoms with van der Waals surface area (Å²) in [7, 11) is 0. The molecule has 3 rings (SSSR count). The first-order valence-electron chi connectivity index (χ1n) is 6.73. The van der Waals surface area contributed by atoms with E-state index in [1.165, 1.54) is 4.40 Å². The van der Waals surface area contributed by atoms with E-state index < -0.39 is 11.7 Å². The molecule has 2 aromatic rings. The van der Waals surface area contributed by atoms with E-state index in [0.29, 0.717) is 12.2 Å². The predicted molar refractivity (Wildman–Crippen MR) is 72.2 cm³/mol. The van der Waals surface area contributed by atoms with Crippen LogP contribution in [0.5, 0.6) is 0 Å². The molecular weight excluding hydrogens is 305 g/mol. The molecule has 0 bridgehead atoms. The molecule has 2 heterocycles. The zero-order valence-corrected chi connectivity index (χ0v) is 11.8. The van der Waals surface area contributed by atoms with Gasteiger partial charge in [-0.3, -0.25) is 4.40 Å². The van der Waals surface area contributed by atoms with E-state index in [-0.39, 0.29) is 22.6 Å². The predicted octanol–water partition coefficient (Wildman–Crippen LogP) is 3.39. The van der Waals surface area contributed by atoms with Crippen LogP contribution in [-0.4, -0.2) is 20.6 Å². The van der Waals surface area contributed by atoms with Crippen molar-refractivity contribution >= 4 is 17.2 Å². The third kappa shape index (κ3) is 2.72. The van der Waals surface area contributed by atoms with E-state index in [0.717, 1.165) is 31.5 Å². The summed E-state index contributed by atoms with van der Waals surface area (Å²) >= 11 is 5.90. The van der Waals surface area contributed by atoms with Gasteiger partial charge in [-0.2, -0.15) is 13.2 Å². The van der Waals surface area contributed by atoms with Gasteiger partial charge in [-0.1, -0.05) is 18.0 Å². The summed E-state index contributed by atoms with van der Waals surface area (Å²) < 4.78 is 40.1. The maximum Gasteiger partial charge on any atom is 0.417 e. The summed E-state index contributed by atoms with van der Waals surface area (Å²) in [4.78, 5) is 0. The van der Waals surface area contributed by atoms with Crippen molar-refractivity contribution in [2.45, 2.75) is 43.8 Å². The molecule has 2 unspecified atom stereocenters. The summed E-state index contributed by atoms with van der Waals surface area (Å²) in [5, 5.41) is 7.91. The van der Waals surface area contributed by atoms with E-state index >= 15 is 0 Å². The molecule has 4 nitrogen and oxygen atoms in total. The van der Waals surface area contributed by atoms with E-state index in [1.807, 2.05) is 0 Å². The smallest absolute Gasteiger partial charge is 0.328 e. The Balaban J connectivity index is 2.09. The molecule has 1 aliphatic carbocycles. The van der Waals surface area contributed by atoms with Crippen LogP contribution in [0.2, 0.25) is 5.02 Å². The zero-order valence-electron chi connectivity index (χ0n) is 11.1. The van der Waals surface area contributed by atoms with Crippen molar-refractivity contribution in [1.82, 2.24) is 14.6 Å². The van der Waals surface area contributed by atoms with Crippen LogP contribution in [0.25, 0.3) is 5.65 Å².